The van der Waals surface area contributed by atoms with Crippen LogP contribution in [0.5, 0.6) is 11.5 Å². The fraction of sp³-hybridized carbons (Fsp3) is 0.417. The number of hydrogen-bond acceptors (Lipinski definition) is 4. The molecule has 0 atom stereocenters. The molecule has 0 aromatic heterocycles. The molecule has 1 saturated carbocycles. The van der Waals surface area contributed by atoms with E-state index in [1.807, 2.05) is 6.07 Å². The minimum atomic E-state index is -0.139. The summed E-state index contributed by atoms with van der Waals surface area (Å²) in [7, 11) is 3.20. The number of carbonyl (C=O) groups is 1. The van der Waals surface area contributed by atoms with E-state index in [0.29, 0.717) is 11.5 Å². The number of Topliss-reactive ketones (excluding diaryl/α,β-unsaturated/α-hetero) is 1. The van der Waals surface area contributed by atoms with Crippen molar-refractivity contribution in [1.29, 1.82) is 0 Å². The van der Waals surface area contributed by atoms with E-state index in [9.17, 15) is 4.79 Å². The van der Waals surface area contributed by atoms with Gasteiger partial charge in [0.25, 0.3) is 0 Å². The summed E-state index contributed by atoms with van der Waals surface area (Å²) in [6, 6.07) is 3.71. The second kappa shape index (κ2) is 3.17. The molecule has 2 aliphatic rings. The molecule has 0 unspecified atom stereocenters. The van der Waals surface area contributed by atoms with Gasteiger partial charge in [-0.2, -0.15) is 0 Å². The molecule has 84 valence electrons. The molecule has 1 heterocycles. The summed E-state index contributed by atoms with van der Waals surface area (Å²) in [6.45, 7) is 0. The van der Waals surface area contributed by atoms with Gasteiger partial charge in [0.1, 0.15) is 0 Å². The maximum Gasteiger partial charge on any atom is 0.180 e. The molecule has 1 spiro atoms. The molecule has 4 heteroatoms. The normalized spacial score (nSPS) is 19.8. The number of carbonyl (C=O) groups excluding carboxylic acids is 1. The van der Waals surface area contributed by atoms with Crippen LogP contribution in [0.3, 0.4) is 0 Å². The van der Waals surface area contributed by atoms with Crippen LogP contribution in [0.2, 0.25) is 0 Å². The van der Waals surface area contributed by atoms with E-state index in [4.69, 9.17) is 9.47 Å². The standard InChI is InChI=1S/C12H12O3S/c1-14-8-5-7-10(6-9(8)15-2)16-12(3-4-12)11(7)13/h5-6H,3-4H2,1-2H3. The molecule has 3 nitrogen and oxygen atoms in total. The Labute approximate surface area is 98.1 Å². The zero-order valence-electron chi connectivity index (χ0n) is 9.20. The zero-order chi connectivity index (χ0) is 11.3. The summed E-state index contributed by atoms with van der Waals surface area (Å²) >= 11 is 1.68. The SMILES string of the molecule is COc1cc2c(cc1OC)C(=O)C1(CC1)S2. The second-order valence-electron chi connectivity index (χ2n) is 4.13. The summed E-state index contributed by atoms with van der Waals surface area (Å²) < 4.78 is 10.3. The van der Waals surface area contributed by atoms with Crippen LogP contribution in [0.1, 0.15) is 23.2 Å². The largest absolute Gasteiger partial charge is 0.493 e. The Balaban J connectivity index is 2.12. The van der Waals surface area contributed by atoms with Crippen molar-refractivity contribution in [3.8, 4) is 11.5 Å². The maximum atomic E-state index is 12.1. The van der Waals surface area contributed by atoms with Gasteiger partial charge in [-0.3, -0.25) is 4.79 Å². The van der Waals surface area contributed by atoms with Gasteiger partial charge in [-0.15, -0.1) is 11.8 Å². The smallest absolute Gasteiger partial charge is 0.180 e. The first-order chi connectivity index (χ1) is 7.70. The molecule has 1 aromatic rings. The van der Waals surface area contributed by atoms with Crippen LogP contribution in [0.25, 0.3) is 0 Å². The third kappa shape index (κ3) is 1.19. The van der Waals surface area contributed by atoms with Crippen LogP contribution < -0.4 is 9.47 Å². The van der Waals surface area contributed by atoms with Gasteiger partial charge in [0.05, 0.1) is 19.0 Å². The molecule has 0 amide bonds. The molecule has 1 fully saturated rings. The van der Waals surface area contributed by atoms with Crippen LogP contribution in [-0.4, -0.2) is 24.7 Å². The second-order valence-corrected chi connectivity index (χ2v) is 5.55. The first kappa shape index (κ1) is 10.0. The molecule has 1 aliphatic heterocycles. The maximum absolute atomic E-state index is 12.1. The molecule has 0 N–H and O–H groups in total. The molecule has 1 aromatic carbocycles. The third-order valence-electron chi connectivity index (χ3n) is 3.15. The molecule has 0 radical (unpaired) electrons. The van der Waals surface area contributed by atoms with Gasteiger partial charge in [-0.25, -0.2) is 0 Å². The van der Waals surface area contributed by atoms with Crippen LogP contribution in [0, 0.1) is 0 Å². The minimum absolute atomic E-state index is 0.139. The number of fused-ring (bicyclic) bond motifs is 1. The Morgan fingerprint density at radius 1 is 1.19 bits per heavy atom. The Morgan fingerprint density at radius 2 is 1.81 bits per heavy atom. The van der Waals surface area contributed by atoms with Crippen LogP contribution in [0.4, 0.5) is 0 Å². The van der Waals surface area contributed by atoms with Crippen molar-refractivity contribution in [2.24, 2.45) is 0 Å². The average Bonchev–Trinajstić information content (AvgIpc) is 3.02. The van der Waals surface area contributed by atoms with Gasteiger partial charge < -0.3 is 9.47 Å². The lowest BCUT2D eigenvalue weighted by Crippen LogP contribution is -2.11. The van der Waals surface area contributed by atoms with Crippen molar-refractivity contribution < 1.29 is 14.3 Å². The van der Waals surface area contributed by atoms with Crippen molar-refractivity contribution in [3.63, 3.8) is 0 Å². The lowest BCUT2D eigenvalue weighted by Gasteiger charge is -2.08. The van der Waals surface area contributed by atoms with E-state index < -0.39 is 0 Å². The number of methoxy groups -OCH3 is 2. The first-order valence-electron chi connectivity index (χ1n) is 5.20. The van der Waals surface area contributed by atoms with Gasteiger partial charge in [0, 0.05) is 10.5 Å². The molecule has 3 rings (SSSR count). The first-order valence-corrected chi connectivity index (χ1v) is 6.02. The number of rotatable bonds is 2. The molecular formula is C12H12O3S. The van der Waals surface area contributed by atoms with Crippen LogP contribution in [0.15, 0.2) is 17.0 Å². The topological polar surface area (TPSA) is 35.5 Å². The molecule has 0 bridgehead atoms. The highest BCUT2D eigenvalue weighted by Gasteiger charge is 2.55. The van der Waals surface area contributed by atoms with E-state index in [0.717, 1.165) is 23.3 Å². The number of ether oxygens (including phenoxy) is 2. The highest BCUT2D eigenvalue weighted by molar-refractivity contribution is 8.02. The summed E-state index contributed by atoms with van der Waals surface area (Å²) in [5.74, 6) is 1.58. The van der Waals surface area contributed by atoms with Gasteiger partial charge in [-0.05, 0) is 25.0 Å². The predicted octanol–water partition coefficient (Wildman–Crippen LogP) is 2.52. The van der Waals surface area contributed by atoms with Gasteiger partial charge in [0.2, 0.25) is 0 Å². The average molecular weight is 236 g/mol. The molecule has 1 aliphatic carbocycles. The highest BCUT2D eigenvalue weighted by Crippen LogP contribution is 2.60. The van der Waals surface area contributed by atoms with Gasteiger partial charge in [-0.1, -0.05) is 0 Å². The molecular weight excluding hydrogens is 224 g/mol. The van der Waals surface area contributed by atoms with Crippen LogP contribution >= 0.6 is 11.8 Å². The number of benzene rings is 1. The fourth-order valence-corrected chi connectivity index (χ4v) is 3.42. The number of thioether (sulfide) groups is 1. The number of ketones is 1. The summed E-state index contributed by atoms with van der Waals surface area (Å²) in [4.78, 5) is 13.2. The Kier molecular flexibility index (Phi) is 1.98. The predicted molar refractivity (Wildman–Crippen MR) is 61.7 cm³/mol. The molecule has 16 heavy (non-hydrogen) atoms. The van der Waals surface area contributed by atoms with Crippen LogP contribution in [-0.2, 0) is 0 Å². The highest BCUT2D eigenvalue weighted by atomic mass is 32.2. The lowest BCUT2D eigenvalue weighted by molar-refractivity contribution is 0.0983. The third-order valence-corrected chi connectivity index (χ3v) is 4.70. The van der Waals surface area contributed by atoms with E-state index in [1.54, 1.807) is 32.0 Å². The van der Waals surface area contributed by atoms with E-state index in [-0.39, 0.29) is 10.5 Å². The zero-order valence-corrected chi connectivity index (χ0v) is 10.0. The quantitative estimate of drug-likeness (QED) is 0.790. The minimum Gasteiger partial charge on any atom is -0.493 e. The molecule has 0 saturated heterocycles. The van der Waals surface area contributed by atoms with Crippen molar-refractivity contribution in [2.45, 2.75) is 22.5 Å². The van der Waals surface area contributed by atoms with E-state index in [2.05, 4.69) is 0 Å². The van der Waals surface area contributed by atoms with Gasteiger partial charge in [0.15, 0.2) is 17.3 Å². The van der Waals surface area contributed by atoms with Crippen molar-refractivity contribution in [3.05, 3.63) is 17.7 Å². The summed E-state index contributed by atoms with van der Waals surface area (Å²) in [5, 5.41) is 0. The lowest BCUT2D eigenvalue weighted by atomic mass is 10.1. The Morgan fingerprint density at radius 3 is 2.38 bits per heavy atom. The summed E-state index contributed by atoms with van der Waals surface area (Å²) in [6.07, 6.45) is 1.99. The van der Waals surface area contributed by atoms with Crippen molar-refractivity contribution >= 4 is 17.5 Å². The Bertz CT molecular complexity index is 477. The van der Waals surface area contributed by atoms with E-state index >= 15 is 0 Å². The number of hydrogen-bond donors (Lipinski definition) is 0. The monoisotopic (exact) mass is 236 g/mol. The van der Waals surface area contributed by atoms with Gasteiger partial charge >= 0.3 is 0 Å². The van der Waals surface area contributed by atoms with Crippen molar-refractivity contribution in [1.82, 2.24) is 0 Å². The fourth-order valence-electron chi connectivity index (χ4n) is 2.07. The van der Waals surface area contributed by atoms with E-state index in [1.165, 1.54) is 0 Å². The van der Waals surface area contributed by atoms with Crippen molar-refractivity contribution in [2.75, 3.05) is 14.2 Å². The summed E-state index contributed by atoms with van der Waals surface area (Å²) in [5.41, 5.74) is 0.792. The Hall–Kier alpha value is -1.16.